The first-order chi connectivity index (χ1) is 6.19. The molecule has 1 rings (SSSR count). The molecule has 0 aliphatic carbocycles. The monoisotopic (exact) mass is 200 g/mol. The van der Waals surface area contributed by atoms with Crippen molar-refractivity contribution in [2.75, 3.05) is 25.3 Å². The molecule has 0 fully saturated rings. The van der Waals surface area contributed by atoms with Crippen molar-refractivity contribution in [2.24, 2.45) is 0 Å². The van der Waals surface area contributed by atoms with Crippen molar-refractivity contribution in [3.8, 4) is 0 Å². The zero-order valence-corrected chi connectivity index (χ0v) is 9.44. The summed E-state index contributed by atoms with van der Waals surface area (Å²) in [6.45, 7) is 7.77. The molecule has 0 saturated carbocycles. The first kappa shape index (κ1) is 10.5. The van der Waals surface area contributed by atoms with Crippen LogP contribution < -0.4 is 4.90 Å². The lowest BCUT2D eigenvalue weighted by molar-refractivity contribution is 0.198. The number of thiazole rings is 1. The van der Waals surface area contributed by atoms with Crippen LogP contribution in [0.1, 0.15) is 16.8 Å². The van der Waals surface area contributed by atoms with Crippen LogP contribution in [0.2, 0.25) is 0 Å². The number of ether oxygens (including phenoxy) is 1. The minimum Gasteiger partial charge on any atom is -0.364 e. The van der Waals surface area contributed by atoms with Crippen molar-refractivity contribution >= 4 is 17.2 Å². The molecule has 1 heterocycles. The molecule has 0 aliphatic heterocycles. The zero-order valence-electron chi connectivity index (χ0n) is 8.63. The Bertz CT molecular complexity index is 273. The van der Waals surface area contributed by atoms with Crippen molar-refractivity contribution in [1.29, 1.82) is 0 Å². The Balaban J connectivity index is 2.83. The number of aryl methyl sites for hydroxylation is 2. The first-order valence-corrected chi connectivity index (χ1v) is 5.18. The van der Waals surface area contributed by atoms with Gasteiger partial charge in [0, 0.05) is 18.5 Å². The summed E-state index contributed by atoms with van der Waals surface area (Å²) in [5, 5.41) is 1.11. The van der Waals surface area contributed by atoms with Crippen LogP contribution in [-0.2, 0) is 4.74 Å². The Morgan fingerprint density at radius 2 is 2.15 bits per heavy atom. The van der Waals surface area contributed by atoms with E-state index in [0.717, 1.165) is 17.4 Å². The summed E-state index contributed by atoms with van der Waals surface area (Å²) in [6, 6.07) is 0. The lowest BCUT2D eigenvalue weighted by atomic mass is 10.5. The summed E-state index contributed by atoms with van der Waals surface area (Å²) >= 11 is 1.73. The molecule has 0 aliphatic rings. The lowest BCUT2D eigenvalue weighted by Crippen LogP contribution is -2.25. The van der Waals surface area contributed by atoms with Crippen molar-refractivity contribution in [3.63, 3.8) is 0 Å². The first-order valence-electron chi connectivity index (χ1n) is 4.37. The third-order valence-corrected chi connectivity index (χ3v) is 2.72. The average Bonchev–Trinajstić information content (AvgIpc) is 2.41. The van der Waals surface area contributed by atoms with Gasteiger partial charge in [0.25, 0.3) is 0 Å². The van der Waals surface area contributed by atoms with E-state index in [-0.39, 0.29) is 0 Å². The van der Waals surface area contributed by atoms with E-state index in [1.807, 2.05) is 6.92 Å². The summed E-state index contributed by atoms with van der Waals surface area (Å²) in [7, 11) is 1.71. The molecule has 3 nitrogen and oxygen atoms in total. The number of hydrogen-bond donors (Lipinski definition) is 0. The van der Waals surface area contributed by atoms with Crippen molar-refractivity contribution in [1.82, 2.24) is 4.98 Å². The fraction of sp³-hybridized carbons (Fsp3) is 0.667. The third-order valence-electron chi connectivity index (χ3n) is 1.85. The van der Waals surface area contributed by atoms with E-state index >= 15 is 0 Å². The van der Waals surface area contributed by atoms with Crippen LogP contribution in [0.25, 0.3) is 0 Å². The number of rotatable bonds is 4. The normalized spacial score (nSPS) is 10.5. The molecule has 0 radical (unpaired) electrons. The van der Waals surface area contributed by atoms with E-state index in [0.29, 0.717) is 6.73 Å². The van der Waals surface area contributed by atoms with Gasteiger partial charge < -0.3 is 9.64 Å². The van der Waals surface area contributed by atoms with Gasteiger partial charge in [-0.25, -0.2) is 4.98 Å². The Kier molecular flexibility index (Phi) is 3.69. The Labute approximate surface area is 83.4 Å². The van der Waals surface area contributed by atoms with Crippen LogP contribution in [0.4, 0.5) is 5.82 Å². The number of methoxy groups -OCH3 is 1. The maximum atomic E-state index is 5.10. The van der Waals surface area contributed by atoms with Crippen LogP contribution in [0.5, 0.6) is 0 Å². The highest BCUT2D eigenvalue weighted by atomic mass is 32.1. The smallest absolute Gasteiger partial charge is 0.144 e. The van der Waals surface area contributed by atoms with Crippen LogP contribution in [0, 0.1) is 13.8 Å². The summed E-state index contributed by atoms with van der Waals surface area (Å²) in [5.74, 6) is 1.06. The second kappa shape index (κ2) is 4.58. The van der Waals surface area contributed by atoms with Gasteiger partial charge in [-0.15, -0.1) is 11.3 Å². The van der Waals surface area contributed by atoms with Gasteiger partial charge in [-0.3, -0.25) is 0 Å². The molecule has 4 heteroatoms. The molecule has 0 bridgehead atoms. The summed E-state index contributed by atoms with van der Waals surface area (Å²) < 4.78 is 5.10. The maximum absolute atomic E-state index is 5.10. The van der Waals surface area contributed by atoms with Gasteiger partial charge in [0.2, 0.25) is 0 Å². The predicted octanol–water partition coefficient (Wildman–Crippen LogP) is 2.19. The lowest BCUT2D eigenvalue weighted by Gasteiger charge is -2.19. The van der Waals surface area contributed by atoms with Crippen LogP contribution >= 0.6 is 11.3 Å². The van der Waals surface area contributed by atoms with Gasteiger partial charge >= 0.3 is 0 Å². The molecule has 1 aromatic heterocycles. The third kappa shape index (κ3) is 2.42. The number of anilines is 1. The van der Waals surface area contributed by atoms with Gasteiger partial charge in [0.05, 0.1) is 5.01 Å². The van der Waals surface area contributed by atoms with Crippen LogP contribution in [0.3, 0.4) is 0 Å². The molecule has 0 amide bonds. The molecule has 0 N–H and O–H groups in total. The minimum atomic E-state index is 0.612. The summed E-state index contributed by atoms with van der Waals surface area (Å²) in [5.41, 5.74) is 0. The molecule has 13 heavy (non-hydrogen) atoms. The summed E-state index contributed by atoms with van der Waals surface area (Å²) in [4.78, 5) is 7.85. The second-order valence-electron chi connectivity index (χ2n) is 2.89. The van der Waals surface area contributed by atoms with E-state index in [2.05, 4.69) is 23.7 Å². The van der Waals surface area contributed by atoms with E-state index in [4.69, 9.17) is 4.74 Å². The zero-order chi connectivity index (χ0) is 9.84. The number of hydrogen-bond acceptors (Lipinski definition) is 4. The Morgan fingerprint density at radius 1 is 1.46 bits per heavy atom. The van der Waals surface area contributed by atoms with Gasteiger partial charge in [-0.2, -0.15) is 0 Å². The van der Waals surface area contributed by atoms with E-state index in [1.165, 1.54) is 4.88 Å². The molecule has 0 spiro atoms. The second-order valence-corrected chi connectivity index (χ2v) is 4.29. The fourth-order valence-electron chi connectivity index (χ4n) is 1.27. The molecule has 0 atom stereocenters. The molecule has 0 unspecified atom stereocenters. The van der Waals surface area contributed by atoms with Crippen molar-refractivity contribution in [3.05, 3.63) is 9.88 Å². The van der Waals surface area contributed by atoms with Gasteiger partial charge in [0.1, 0.15) is 12.5 Å². The van der Waals surface area contributed by atoms with Crippen LogP contribution in [0.15, 0.2) is 0 Å². The SMILES string of the molecule is CCN(COC)c1nc(C)sc1C. The van der Waals surface area contributed by atoms with Gasteiger partial charge in [0.15, 0.2) is 0 Å². The van der Waals surface area contributed by atoms with E-state index in [9.17, 15) is 0 Å². The molecular weight excluding hydrogens is 184 g/mol. The van der Waals surface area contributed by atoms with Crippen molar-refractivity contribution in [2.45, 2.75) is 20.8 Å². The van der Waals surface area contributed by atoms with Gasteiger partial charge in [-0.1, -0.05) is 0 Å². The van der Waals surface area contributed by atoms with Crippen molar-refractivity contribution < 1.29 is 4.74 Å². The average molecular weight is 200 g/mol. The highest BCUT2D eigenvalue weighted by molar-refractivity contribution is 7.12. The molecule has 1 aromatic rings. The van der Waals surface area contributed by atoms with E-state index in [1.54, 1.807) is 18.4 Å². The Hall–Kier alpha value is -0.610. The van der Waals surface area contributed by atoms with Crippen LogP contribution in [-0.4, -0.2) is 25.4 Å². The molecular formula is C9H16N2OS. The molecule has 74 valence electrons. The fourth-order valence-corrected chi connectivity index (χ4v) is 2.11. The predicted molar refractivity (Wildman–Crippen MR) is 56.5 cm³/mol. The van der Waals surface area contributed by atoms with E-state index < -0.39 is 0 Å². The topological polar surface area (TPSA) is 25.4 Å². The summed E-state index contributed by atoms with van der Waals surface area (Å²) in [6.07, 6.45) is 0. The minimum absolute atomic E-state index is 0.612. The largest absolute Gasteiger partial charge is 0.364 e. The quantitative estimate of drug-likeness (QED) is 0.697. The highest BCUT2D eigenvalue weighted by Crippen LogP contribution is 2.24. The molecule has 0 aromatic carbocycles. The number of nitrogens with zero attached hydrogens (tertiary/aromatic N) is 2. The Morgan fingerprint density at radius 3 is 2.54 bits per heavy atom. The standard InChI is InChI=1S/C9H16N2OS/c1-5-11(6-12-4)9-7(2)13-8(3)10-9/h5-6H2,1-4H3. The van der Waals surface area contributed by atoms with Gasteiger partial charge in [-0.05, 0) is 20.8 Å². The molecule has 0 saturated heterocycles. The number of aromatic nitrogens is 1. The maximum Gasteiger partial charge on any atom is 0.144 e. The highest BCUT2D eigenvalue weighted by Gasteiger charge is 2.11.